The van der Waals surface area contributed by atoms with E-state index >= 15 is 0 Å². The molecular formula is C17H21N3O2. The molecule has 22 heavy (non-hydrogen) atoms. The van der Waals surface area contributed by atoms with Crippen molar-refractivity contribution in [3.05, 3.63) is 48.4 Å². The van der Waals surface area contributed by atoms with Crippen LogP contribution in [0.15, 0.2) is 42.9 Å². The van der Waals surface area contributed by atoms with Crippen LogP contribution in [0, 0.1) is 0 Å². The molecule has 1 aliphatic rings. The largest absolute Gasteiger partial charge is 0.497 e. The molecule has 3 rings (SSSR count). The van der Waals surface area contributed by atoms with Gasteiger partial charge in [0, 0.05) is 37.6 Å². The molecule has 0 bridgehead atoms. The van der Waals surface area contributed by atoms with Crippen molar-refractivity contribution in [2.45, 2.75) is 18.3 Å². The van der Waals surface area contributed by atoms with Crippen molar-refractivity contribution in [1.82, 2.24) is 9.97 Å². The van der Waals surface area contributed by atoms with E-state index in [2.05, 4.69) is 27.4 Å². The van der Waals surface area contributed by atoms with Gasteiger partial charge in [0.05, 0.1) is 13.3 Å². The number of ether oxygens (including phenoxy) is 2. The van der Waals surface area contributed by atoms with Crippen molar-refractivity contribution in [2.75, 3.05) is 32.2 Å². The van der Waals surface area contributed by atoms with Crippen LogP contribution >= 0.6 is 0 Å². The highest BCUT2D eigenvalue weighted by Gasteiger charge is 2.34. The van der Waals surface area contributed by atoms with E-state index in [0.29, 0.717) is 0 Å². The Balaban J connectivity index is 1.80. The van der Waals surface area contributed by atoms with E-state index in [1.165, 1.54) is 5.56 Å². The van der Waals surface area contributed by atoms with Crippen molar-refractivity contribution in [3.8, 4) is 5.75 Å². The molecule has 1 N–H and O–H groups in total. The molecule has 5 heteroatoms. The predicted octanol–water partition coefficient (Wildman–Crippen LogP) is 2.65. The molecule has 116 valence electrons. The highest BCUT2D eigenvalue weighted by Crippen LogP contribution is 2.35. The van der Waals surface area contributed by atoms with Gasteiger partial charge in [-0.2, -0.15) is 0 Å². The Morgan fingerprint density at radius 2 is 1.95 bits per heavy atom. The van der Waals surface area contributed by atoms with Crippen molar-refractivity contribution >= 4 is 5.82 Å². The van der Waals surface area contributed by atoms with E-state index in [4.69, 9.17) is 9.47 Å². The van der Waals surface area contributed by atoms with E-state index in [0.717, 1.165) is 44.2 Å². The minimum atomic E-state index is 0.0576. The summed E-state index contributed by atoms with van der Waals surface area (Å²) in [5.41, 5.74) is 1.37. The number of nitrogens with one attached hydrogen (secondary N) is 1. The number of anilines is 1. The zero-order chi connectivity index (χ0) is 15.3. The molecule has 1 saturated heterocycles. The van der Waals surface area contributed by atoms with Crippen LogP contribution in [-0.2, 0) is 10.2 Å². The molecule has 0 spiro atoms. The Morgan fingerprint density at radius 1 is 1.18 bits per heavy atom. The van der Waals surface area contributed by atoms with Gasteiger partial charge in [-0.1, -0.05) is 12.1 Å². The molecule has 0 radical (unpaired) electrons. The van der Waals surface area contributed by atoms with Crippen LogP contribution in [0.1, 0.15) is 18.4 Å². The minimum Gasteiger partial charge on any atom is -0.497 e. The summed E-state index contributed by atoms with van der Waals surface area (Å²) in [5.74, 6) is 1.69. The van der Waals surface area contributed by atoms with Crippen LogP contribution in [0.4, 0.5) is 5.82 Å². The van der Waals surface area contributed by atoms with Gasteiger partial charge in [0.15, 0.2) is 0 Å². The summed E-state index contributed by atoms with van der Waals surface area (Å²) in [4.78, 5) is 8.39. The third-order valence-corrected chi connectivity index (χ3v) is 4.32. The van der Waals surface area contributed by atoms with Crippen LogP contribution in [0.5, 0.6) is 5.75 Å². The molecule has 0 atom stereocenters. The van der Waals surface area contributed by atoms with E-state index in [1.54, 1.807) is 25.7 Å². The quantitative estimate of drug-likeness (QED) is 0.920. The lowest BCUT2D eigenvalue weighted by Crippen LogP contribution is -2.40. The highest BCUT2D eigenvalue weighted by atomic mass is 16.5. The van der Waals surface area contributed by atoms with Gasteiger partial charge in [0.2, 0.25) is 0 Å². The lowest BCUT2D eigenvalue weighted by Gasteiger charge is -2.38. The predicted molar refractivity (Wildman–Crippen MR) is 85.2 cm³/mol. The van der Waals surface area contributed by atoms with Gasteiger partial charge in [-0.05, 0) is 30.5 Å². The van der Waals surface area contributed by atoms with Crippen molar-refractivity contribution in [1.29, 1.82) is 0 Å². The highest BCUT2D eigenvalue weighted by molar-refractivity contribution is 5.37. The summed E-state index contributed by atoms with van der Waals surface area (Å²) in [5, 5.41) is 3.42. The molecule has 0 aliphatic carbocycles. The zero-order valence-corrected chi connectivity index (χ0v) is 12.8. The summed E-state index contributed by atoms with van der Waals surface area (Å²) in [6.45, 7) is 2.39. The number of aromatic nitrogens is 2. The van der Waals surface area contributed by atoms with Gasteiger partial charge in [-0.3, -0.25) is 4.98 Å². The fourth-order valence-corrected chi connectivity index (χ4v) is 2.92. The summed E-state index contributed by atoms with van der Waals surface area (Å²) < 4.78 is 10.8. The maximum absolute atomic E-state index is 5.56. The lowest BCUT2D eigenvalue weighted by molar-refractivity contribution is 0.0543. The second-order valence-corrected chi connectivity index (χ2v) is 5.57. The number of benzene rings is 1. The molecule has 1 aromatic carbocycles. The van der Waals surface area contributed by atoms with Gasteiger partial charge in [0.25, 0.3) is 0 Å². The second kappa shape index (κ2) is 6.75. The van der Waals surface area contributed by atoms with Gasteiger partial charge >= 0.3 is 0 Å². The van der Waals surface area contributed by atoms with Crippen LogP contribution in [0.3, 0.4) is 0 Å². The summed E-state index contributed by atoms with van der Waals surface area (Å²) in [6.07, 6.45) is 7.12. The normalized spacial score (nSPS) is 17.0. The minimum absolute atomic E-state index is 0.0576. The average Bonchev–Trinajstić information content (AvgIpc) is 2.62. The van der Waals surface area contributed by atoms with Crippen LogP contribution in [-0.4, -0.2) is 36.8 Å². The molecule has 1 aliphatic heterocycles. The number of hydrogen-bond acceptors (Lipinski definition) is 5. The van der Waals surface area contributed by atoms with Gasteiger partial charge < -0.3 is 14.8 Å². The second-order valence-electron chi connectivity index (χ2n) is 5.57. The summed E-state index contributed by atoms with van der Waals surface area (Å²) >= 11 is 0. The first kappa shape index (κ1) is 14.8. The first-order valence-electron chi connectivity index (χ1n) is 7.55. The Kier molecular flexibility index (Phi) is 4.53. The SMILES string of the molecule is COc1ccc(C2(CNc3cnccn3)CCOCC2)cc1. The van der Waals surface area contributed by atoms with Crippen LogP contribution in [0.25, 0.3) is 0 Å². The number of rotatable bonds is 5. The van der Waals surface area contributed by atoms with Crippen molar-refractivity contribution in [2.24, 2.45) is 0 Å². The first-order valence-corrected chi connectivity index (χ1v) is 7.55. The lowest BCUT2D eigenvalue weighted by atomic mass is 9.74. The fourth-order valence-electron chi connectivity index (χ4n) is 2.92. The molecule has 0 unspecified atom stereocenters. The Labute approximate surface area is 130 Å². The molecule has 0 saturated carbocycles. The molecule has 0 amide bonds. The number of methoxy groups -OCH3 is 1. The maximum atomic E-state index is 5.56. The monoisotopic (exact) mass is 299 g/mol. The Hall–Kier alpha value is -2.14. The maximum Gasteiger partial charge on any atom is 0.144 e. The molecule has 2 heterocycles. The van der Waals surface area contributed by atoms with Crippen LogP contribution in [0.2, 0.25) is 0 Å². The van der Waals surface area contributed by atoms with E-state index in [9.17, 15) is 0 Å². The standard InChI is InChI=1S/C17H21N3O2/c1-21-15-4-2-14(3-5-15)17(6-10-22-11-7-17)13-20-16-12-18-8-9-19-16/h2-5,8-9,12H,6-7,10-11,13H2,1H3,(H,19,20). The summed E-state index contributed by atoms with van der Waals surface area (Å²) in [6, 6.07) is 8.36. The third kappa shape index (κ3) is 3.20. The first-order chi connectivity index (χ1) is 10.8. The van der Waals surface area contributed by atoms with Gasteiger partial charge in [-0.25, -0.2) is 4.98 Å². The molecule has 1 aromatic heterocycles. The van der Waals surface area contributed by atoms with Crippen molar-refractivity contribution in [3.63, 3.8) is 0 Å². The zero-order valence-electron chi connectivity index (χ0n) is 12.8. The molecule has 5 nitrogen and oxygen atoms in total. The molecule has 2 aromatic rings. The molecule has 1 fully saturated rings. The van der Waals surface area contributed by atoms with Crippen LogP contribution < -0.4 is 10.1 Å². The van der Waals surface area contributed by atoms with E-state index in [1.807, 2.05) is 12.1 Å². The Morgan fingerprint density at radius 3 is 2.59 bits per heavy atom. The van der Waals surface area contributed by atoms with Gasteiger partial charge in [-0.15, -0.1) is 0 Å². The number of hydrogen-bond donors (Lipinski definition) is 1. The Bertz CT molecular complexity index is 581. The smallest absolute Gasteiger partial charge is 0.144 e. The third-order valence-electron chi connectivity index (χ3n) is 4.32. The molecular weight excluding hydrogens is 278 g/mol. The fraction of sp³-hybridized carbons (Fsp3) is 0.412. The average molecular weight is 299 g/mol. The van der Waals surface area contributed by atoms with E-state index < -0.39 is 0 Å². The van der Waals surface area contributed by atoms with Crippen molar-refractivity contribution < 1.29 is 9.47 Å². The topological polar surface area (TPSA) is 56.3 Å². The van der Waals surface area contributed by atoms with E-state index in [-0.39, 0.29) is 5.41 Å². The summed E-state index contributed by atoms with van der Waals surface area (Å²) in [7, 11) is 1.69. The van der Waals surface area contributed by atoms with Gasteiger partial charge in [0.1, 0.15) is 11.6 Å². The number of nitrogens with zero attached hydrogens (tertiary/aromatic N) is 2.